The first-order chi connectivity index (χ1) is 15.6. The molecule has 5 nitrogen and oxygen atoms in total. The summed E-state index contributed by atoms with van der Waals surface area (Å²) in [4.78, 5) is 14.1. The molecule has 1 aromatic rings. The van der Waals surface area contributed by atoms with Gasteiger partial charge < -0.3 is 19.5 Å². The Hall–Kier alpha value is -1.95. The molecule has 32 heavy (non-hydrogen) atoms. The van der Waals surface area contributed by atoms with Gasteiger partial charge in [-0.1, -0.05) is 48.1 Å². The number of ether oxygens (including phenoxy) is 2. The zero-order valence-corrected chi connectivity index (χ0v) is 19.2. The average Bonchev–Trinajstić information content (AvgIpc) is 3.31. The zero-order chi connectivity index (χ0) is 22.3. The summed E-state index contributed by atoms with van der Waals surface area (Å²) in [5, 5.41) is 10.6. The molecule has 2 fully saturated rings. The second-order valence-electron chi connectivity index (χ2n) is 9.49. The number of allylic oxidation sites excluding steroid dienone is 2. The number of nitrogens with zero attached hydrogens (tertiary/aromatic N) is 1. The van der Waals surface area contributed by atoms with E-state index in [1.165, 1.54) is 16.7 Å². The fraction of sp³-hybridized carbons (Fsp3) is 0.593. The Morgan fingerprint density at radius 2 is 2.16 bits per heavy atom. The van der Waals surface area contributed by atoms with Crippen molar-refractivity contribution in [2.45, 2.75) is 45.1 Å². The lowest BCUT2D eigenvalue weighted by Gasteiger charge is -2.26. The van der Waals surface area contributed by atoms with E-state index in [9.17, 15) is 9.90 Å². The van der Waals surface area contributed by atoms with Gasteiger partial charge in [0.15, 0.2) is 0 Å². The van der Waals surface area contributed by atoms with Crippen LogP contribution in [0.5, 0.6) is 0 Å². The molecule has 1 saturated carbocycles. The molecule has 0 unspecified atom stereocenters. The number of amides is 1. The molecule has 4 atom stereocenters. The van der Waals surface area contributed by atoms with Crippen molar-refractivity contribution in [1.29, 1.82) is 0 Å². The molecule has 3 aliphatic rings. The van der Waals surface area contributed by atoms with Gasteiger partial charge in [0.05, 0.1) is 39.0 Å². The number of aliphatic hydroxyl groups is 1. The van der Waals surface area contributed by atoms with Crippen molar-refractivity contribution in [3.8, 4) is 0 Å². The van der Waals surface area contributed by atoms with Crippen LogP contribution in [0.3, 0.4) is 0 Å². The van der Waals surface area contributed by atoms with E-state index in [1.807, 2.05) is 4.90 Å². The van der Waals surface area contributed by atoms with Gasteiger partial charge in [-0.3, -0.25) is 4.79 Å². The highest BCUT2D eigenvalue weighted by Gasteiger charge is 2.43. The molecule has 1 aromatic carbocycles. The number of aryl methyl sites for hydroxylation is 2. The number of benzene rings is 1. The van der Waals surface area contributed by atoms with E-state index in [2.05, 4.69) is 49.4 Å². The van der Waals surface area contributed by atoms with Crippen molar-refractivity contribution in [2.75, 3.05) is 39.5 Å². The molecule has 1 N–H and O–H groups in total. The van der Waals surface area contributed by atoms with Crippen LogP contribution >= 0.6 is 0 Å². The van der Waals surface area contributed by atoms with Gasteiger partial charge in [0.1, 0.15) is 0 Å². The van der Waals surface area contributed by atoms with Crippen molar-refractivity contribution >= 4 is 5.91 Å². The van der Waals surface area contributed by atoms with Gasteiger partial charge in [0.2, 0.25) is 5.91 Å². The molecule has 4 rings (SSSR count). The minimum atomic E-state index is -0.245. The van der Waals surface area contributed by atoms with Crippen LogP contribution in [-0.2, 0) is 20.7 Å². The van der Waals surface area contributed by atoms with Gasteiger partial charge in [0, 0.05) is 19.0 Å². The Labute approximate surface area is 192 Å². The lowest BCUT2D eigenvalue weighted by Crippen LogP contribution is -2.41. The SMILES string of the molecule is Cc1cccc(CC/C=C/[C@@H]2[C@H]3CC(COCCC(=O)N4CCOCC4)=C[C@H]3C[C@H]2O)c1. The largest absolute Gasteiger partial charge is 0.392 e. The first kappa shape index (κ1) is 23.2. The number of carbonyl (C=O) groups excluding carboxylic acids is 1. The Kier molecular flexibility index (Phi) is 8.17. The Balaban J connectivity index is 1.17. The normalized spacial score (nSPS) is 27.7. The molecule has 0 radical (unpaired) electrons. The highest BCUT2D eigenvalue weighted by Crippen LogP contribution is 2.47. The number of hydrogen-bond donors (Lipinski definition) is 1. The zero-order valence-electron chi connectivity index (χ0n) is 19.2. The van der Waals surface area contributed by atoms with E-state index in [0.717, 1.165) is 25.7 Å². The van der Waals surface area contributed by atoms with Crippen LogP contribution in [0.4, 0.5) is 0 Å². The molecule has 1 amide bonds. The Morgan fingerprint density at radius 1 is 1.31 bits per heavy atom. The summed E-state index contributed by atoms with van der Waals surface area (Å²) in [6.07, 6.45) is 10.9. The monoisotopic (exact) mass is 439 g/mol. The lowest BCUT2D eigenvalue weighted by molar-refractivity contribution is -0.136. The summed E-state index contributed by atoms with van der Waals surface area (Å²) in [6, 6.07) is 8.68. The third-order valence-corrected chi connectivity index (χ3v) is 7.10. The number of morpholine rings is 1. The second-order valence-corrected chi connectivity index (χ2v) is 9.49. The lowest BCUT2D eigenvalue weighted by atomic mass is 9.89. The first-order valence-electron chi connectivity index (χ1n) is 12.1. The average molecular weight is 440 g/mol. The predicted molar refractivity (Wildman–Crippen MR) is 125 cm³/mol. The van der Waals surface area contributed by atoms with Crippen LogP contribution in [0.2, 0.25) is 0 Å². The van der Waals surface area contributed by atoms with Gasteiger partial charge >= 0.3 is 0 Å². The number of fused-ring (bicyclic) bond motifs is 1. The summed E-state index contributed by atoms with van der Waals surface area (Å²) in [7, 11) is 0. The molecular formula is C27H37NO4. The van der Waals surface area contributed by atoms with Gasteiger partial charge in [0.25, 0.3) is 0 Å². The molecule has 174 valence electrons. The maximum atomic E-state index is 12.2. The van der Waals surface area contributed by atoms with Crippen molar-refractivity contribution in [3.63, 3.8) is 0 Å². The van der Waals surface area contributed by atoms with Gasteiger partial charge in [-0.15, -0.1) is 0 Å². The quantitative estimate of drug-likeness (QED) is 0.471. The van der Waals surface area contributed by atoms with Gasteiger partial charge in [-0.2, -0.15) is 0 Å². The summed E-state index contributed by atoms with van der Waals surface area (Å²) in [5.74, 6) is 1.32. The maximum Gasteiger partial charge on any atom is 0.225 e. The molecular weight excluding hydrogens is 402 g/mol. The molecule has 2 aliphatic carbocycles. The number of aliphatic hydroxyl groups excluding tert-OH is 1. The molecule has 0 bridgehead atoms. The van der Waals surface area contributed by atoms with Crippen molar-refractivity contribution < 1.29 is 19.4 Å². The maximum absolute atomic E-state index is 12.2. The fourth-order valence-corrected chi connectivity index (χ4v) is 5.42. The molecule has 0 spiro atoms. The van der Waals surface area contributed by atoms with E-state index >= 15 is 0 Å². The Morgan fingerprint density at radius 3 is 2.97 bits per heavy atom. The first-order valence-corrected chi connectivity index (χ1v) is 12.1. The summed E-state index contributed by atoms with van der Waals surface area (Å²) < 4.78 is 11.1. The third kappa shape index (κ3) is 6.09. The van der Waals surface area contributed by atoms with Crippen LogP contribution in [0, 0.1) is 24.7 Å². The number of carbonyl (C=O) groups is 1. The van der Waals surface area contributed by atoms with Crippen molar-refractivity contribution in [2.24, 2.45) is 17.8 Å². The van der Waals surface area contributed by atoms with Crippen LogP contribution in [0.25, 0.3) is 0 Å². The molecule has 5 heteroatoms. The van der Waals surface area contributed by atoms with E-state index in [0.29, 0.717) is 57.8 Å². The van der Waals surface area contributed by atoms with Crippen molar-refractivity contribution in [3.05, 3.63) is 59.2 Å². The fourth-order valence-electron chi connectivity index (χ4n) is 5.42. The molecule has 1 heterocycles. The third-order valence-electron chi connectivity index (χ3n) is 7.10. The van der Waals surface area contributed by atoms with Crippen molar-refractivity contribution in [1.82, 2.24) is 4.90 Å². The van der Waals surface area contributed by atoms with E-state index < -0.39 is 0 Å². The molecule has 1 saturated heterocycles. The van der Waals surface area contributed by atoms with Gasteiger partial charge in [-0.25, -0.2) is 0 Å². The van der Waals surface area contributed by atoms with E-state index in [4.69, 9.17) is 9.47 Å². The highest BCUT2D eigenvalue weighted by molar-refractivity contribution is 5.76. The molecule has 1 aliphatic heterocycles. The smallest absolute Gasteiger partial charge is 0.225 e. The number of rotatable bonds is 9. The van der Waals surface area contributed by atoms with Crippen LogP contribution in [0.15, 0.2) is 48.1 Å². The van der Waals surface area contributed by atoms with E-state index in [1.54, 1.807) is 0 Å². The summed E-state index contributed by atoms with van der Waals surface area (Å²) >= 11 is 0. The standard InChI is InChI=1S/C27H37NO4/c1-20-5-4-7-21(15-20)6-2-3-8-24-25-17-22(16-23(25)18-26(24)29)19-32-12-9-27(30)28-10-13-31-14-11-28/h3-5,7-8,15-16,23-26,29H,2,6,9-14,17-19H2,1H3/b8-3+/t23-,24+,25-,26+/m0/s1. The van der Waals surface area contributed by atoms with Crippen LogP contribution in [0.1, 0.15) is 36.8 Å². The topological polar surface area (TPSA) is 59.0 Å². The molecule has 0 aromatic heterocycles. The van der Waals surface area contributed by atoms with E-state index in [-0.39, 0.29) is 17.9 Å². The minimum absolute atomic E-state index is 0.157. The summed E-state index contributed by atoms with van der Waals surface area (Å²) in [6.45, 7) is 5.85. The highest BCUT2D eigenvalue weighted by atomic mass is 16.5. The van der Waals surface area contributed by atoms with Crippen LogP contribution < -0.4 is 0 Å². The van der Waals surface area contributed by atoms with Gasteiger partial charge in [-0.05, 0) is 55.6 Å². The van der Waals surface area contributed by atoms with Crippen LogP contribution in [-0.4, -0.2) is 61.5 Å². The predicted octanol–water partition coefficient (Wildman–Crippen LogP) is 3.69. The Bertz CT molecular complexity index is 827. The number of hydrogen-bond acceptors (Lipinski definition) is 4. The minimum Gasteiger partial charge on any atom is -0.392 e. The summed E-state index contributed by atoms with van der Waals surface area (Å²) in [5.41, 5.74) is 4.00. The second kappa shape index (κ2) is 11.3.